The highest BCUT2D eigenvalue weighted by atomic mass is 28.3. The fourth-order valence-corrected chi connectivity index (χ4v) is 7.36. The van der Waals surface area contributed by atoms with Crippen molar-refractivity contribution in [3.05, 3.63) is 91.0 Å². The molecule has 0 heterocycles. The Morgan fingerprint density at radius 1 is 0.591 bits per heavy atom. The first kappa shape index (κ1) is 14.8. The van der Waals surface area contributed by atoms with Gasteiger partial charge in [0.1, 0.15) is 0 Å². The van der Waals surface area contributed by atoms with Crippen LogP contribution in [0.5, 0.6) is 0 Å². The maximum Gasteiger partial charge on any atom is 0.222 e. The second-order valence-corrected chi connectivity index (χ2v) is 8.96. The van der Waals surface area contributed by atoms with E-state index in [0.29, 0.717) is 0 Å². The van der Waals surface area contributed by atoms with Crippen LogP contribution in [-0.4, -0.2) is 14.8 Å². The highest BCUT2D eigenvalue weighted by Crippen LogP contribution is 2.04. The van der Waals surface area contributed by atoms with Crippen molar-refractivity contribution in [2.24, 2.45) is 0 Å². The molecule has 0 atom stereocenters. The lowest BCUT2D eigenvalue weighted by atomic mass is 10.3. The van der Waals surface area contributed by atoms with E-state index in [1.165, 1.54) is 15.6 Å². The standard InChI is InChI=1S/C20H21NSi/c1-2-21-22(18-12-6-3-7-13-18,19-14-8-4-9-15-19)20-16-10-5-11-17-20/h3-17,21H,2H2,1H3. The Morgan fingerprint density at radius 3 is 1.18 bits per heavy atom. The Morgan fingerprint density at radius 2 is 0.909 bits per heavy atom. The average Bonchev–Trinajstić information content (AvgIpc) is 2.62. The summed E-state index contributed by atoms with van der Waals surface area (Å²) in [6.07, 6.45) is 0. The molecule has 3 rings (SSSR count). The van der Waals surface area contributed by atoms with Crippen LogP contribution < -0.4 is 20.5 Å². The van der Waals surface area contributed by atoms with Crippen LogP contribution in [0.15, 0.2) is 91.0 Å². The van der Waals surface area contributed by atoms with E-state index in [0.717, 1.165) is 6.54 Å². The minimum Gasteiger partial charge on any atom is -0.327 e. The molecule has 1 N–H and O–H groups in total. The Hall–Kier alpha value is -2.16. The van der Waals surface area contributed by atoms with Gasteiger partial charge in [0.25, 0.3) is 0 Å². The molecule has 0 aliphatic carbocycles. The topological polar surface area (TPSA) is 12.0 Å². The van der Waals surface area contributed by atoms with Crippen molar-refractivity contribution in [2.75, 3.05) is 6.54 Å². The highest BCUT2D eigenvalue weighted by molar-refractivity contribution is 7.09. The zero-order valence-corrected chi connectivity index (χ0v) is 13.9. The second-order valence-electron chi connectivity index (χ2n) is 5.38. The average molecular weight is 303 g/mol. The van der Waals surface area contributed by atoms with Crippen LogP contribution >= 0.6 is 0 Å². The van der Waals surface area contributed by atoms with Gasteiger partial charge in [0, 0.05) is 0 Å². The Labute approximate surface area is 133 Å². The molecule has 0 radical (unpaired) electrons. The van der Waals surface area contributed by atoms with Gasteiger partial charge < -0.3 is 4.98 Å². The van der Waals surface area contributed by atoms with E-state index in [1.807, 2.05) is 0 Å². The zero-order valence-electron chi connectivity index (χ0n) is 12.9. The molecule has 0 spiro atoms. The van der Waals surface area contributed by atoms with E-state index in [9.17, 15) is 0 Å². The van der Waals surface area contributed by atoms with Gasteiger partial charge in [0.2, 0.25) is 8.24 Å². The molecule has 0 aromatic heterocycles. The molecule has 1 nitrogen and oxygen atoms in total. The molecule has 3 aromatic carbocycles. The van der Waals surface area contributed by atoms with E-state index in [2.05, 4.69) is 103 Å². The molecule has 0 saturated heterocycles. The van der Waals surface area contributed by atoms with E-state index >= 15 is 0 Å². The van der Waals surface area contributed by atoms with Crippen molar-refractivity contribution in [3.63, 3.8) is 0 Å². The van der Waals surface area contributed by atoms with Crippen molar-refractivity contribution in [1.82, 2.24) is 4.98 Å². The van der Waals surface area contributed by atoms with Crippen LogP contribution in [0.2, 0.25) is 0 Å². The predicted molar refractivity (Wildman–Crippen MR) is 97.7 cm³/mol. The van der Waals surface area contributed by atoms with Crippen LogP contribution in [-0.2, 0) is 0 Å². The third-order valence-corrected chi connectivity index (χ3v) is 8.54. The quantitative estimate of drug-likeness (QED) is 0.563. The summed E-state index contributed by atoms with van der Waals surface area (Å²) in [5, 5.41) is 4.19. The molecule has 0 unspecified atom stereocenters. The molecule has 110 valence electrons. The summed E-state index contributed by atoms with van der Waals surface area (Å²) in [5.41, 5.74) is 0. The van der Waals surface area contributed by atoms with E-state index in [4.69, 9.17) is 0 Å². The first-order valence-corrected chi connectivity index (χ1v) is 9.79. The Bertz CT molecular complexity index is 599. The van der Waals surface area contributed by atoms with Gasteiger partial charge in [0.15, 0.2) is 0 Å². The smallest absolute Gasteiger partial charge is 0.222 e. The Balaban J connectivity index is 2.29. The van der Waals surface area contributed by atoms with E-state index < -0.39 is 8.24 Å². The lowest BCUT2D eigenvalue weighted by Crippen LogP contribution is -2.76. The SMILES string of the molecule is CCN[Si](c1ccccc1)(c1ccccc1)c1ccccc1. The van der Waals surface area contributed by atoms with E-state index in [1.54, 1.807) is 0 Å². The first-order chi connectivity index (χ1) is 10.9. The fourth-order valence-electron chi connectivity index (χ4n) is 3.14. The molecule has 3 aromatic rings. The summed E-state index contributed by atoms with van der Waals surface area (Å²) in [4.78, 5) is 3.88. The predicted octanol–water partition coefficient (Wildman–Crippen LogP) is 2.26. The van der Waals surface area contributed by atoms with Crippen LogP contribution in [0.25, 0.3) is 0 Å². The number of rotatable bonds is 5. The summed E-state index contributed by atoms with van der Waals surface area (Å²) < 4.78 is 0. The zero-order chi connectivity index (χ0) is 15.3. The minimum absolute atomic E-state index is 0.949. The minimum atomic E-state index is -2.17. The molecule has 0 fully saturated rings. The van der Waals surface area contributed by atoms with E-state index in [-0.39, 0.29) is 0 Å². The van der Waals surface area contributed by atoms with Crippen molar-refractivity contribution >= 4 is 23.8 Å². The van der Waals surface area contributed by atoms with Crippen LogP contribution in [0.3, 0.4) is 0 Å². The van der Waals surface area contributed by atoms with Gasteiger partial charge in [-0.25, -0.2) is 0 Å². The third kappa shape index (κ3) is 2.63. The fraction of sp³-hybridized carbons (Fsp3) is 0.100. The van der Waals surface area contributed by atoms with Crippen molar-refractivity contribution in [2.45, 2.75) is 6.92 Å². The lowest BCUT2D eigenvalue weighted by molar-refractivity contribution is 0.987. The molecule has 0 aliphatic heterocycles. The molecule has 22 heavy (non-hydrogen) atoms. The molecule has 0 amide bonds. The summed E-state index contributed by atoms with van der Waals surface area (Å²) >= 11 is 0. The maximum absolute atomic E-state index is 3.88. The number of hydrogen-bond acceptors (Lipinski definition) is 1. The second kappa shape index (κ2) is 6.73. The molecule has 0 saturated carbocycles. The first-order valence-electron chi connectivity index (χ1n) is 7.79. The van der Waals surface area contributed by atoms with Crippen LogP contribution in [0, 0.1) is 0 Å². The number of benzene rings is 3. The maximum atomic E-state index is 3.88. The van der Waals surface area contributed by atoms with Gasteiger partial charge >= 0.3 is 0 Å². The summed E-state index contributed by atoms with van der Waals surface area (Å²) in [6, 6.07) is 32.7. The van der Waals surface area contributed by atoms with Gasteiger partial charge in [-0.15, -0.1) is 0 Å². The van der Waals surface area contributed by atoms with Gasteiger partial charge in [-0.2, -0.15) is 0 Å². The third-order valence-electron chi connectivity index (χ3n) is 4.06. The summed E-state index contributed by atoms with van der Waals surface area (Å²) in [7, 11) is -2.17. The summed E-state index contributed by atoms with van der Waals surface area (Å²) in [6.45, 7) is 3.14. The monoisotopic (exact) mass is 303 g/mol. The van der Waals surface area contributed by atoms with Crippen molar-refractivity contribution in [3.8, 4) is 0 Å². The Kier molecular flexibility index (Phi) is 4.52. The number of hydrogen-bond donors (Lipinski definition) is 1. The number of nitrogens with one attached hydrogen (secondary N) is 1. The van der Waals surface area contributed by atoms with Crippen LogP contribution in [0.4, 0.5) is 0 Å². The lowest BCUT2D eigenvalue weighted by Gasteiger charge is -2.34. The van der Waals surface area contributed by atoms with Crippen molar-refractivity contribution < 1.29 is 0 Å². The normalized spacial score (nSPS) is 11.3. The molecule has 2 heteroatoms. The van der Waals surface area contributed by atoms with Crippen LogP contribution in [0.1, 0.15) is 6.92 Å². The van der Waals surface area contributed by atoms with Crippen molar-refractivity contribution in [1.29, 1.82) is 0 Å². The van der Waals surface area contributed by atoms with Gasteiger partial charge in [0.05, 0.1) is 0 Å². The van der Waals surface area contributed by atoms with Gasteiger partial charge in [-0.05, 0) is 22.1 Å². The molecule has 0 bridgehead atoms. The van der Waals surface area contributed by atoms with Gasteiger partial charge in [-0.3, -0.25) is 0 Å². The van der Waals surface area contributed by atoms with Gasteiger partial charge in [-0.1, -0.05) is 97.9 Å². The largest absolute Gasteiger partial charge is 0.327 e. The molecular formula is C20H21NSi. The highest BCUT2D eigenvalue weighted by Gasteiger charge is 2.38. The molecular weight excluding hydrogens is 282 g/mol. The molecule has 0 aliphatic rings. The summed E-state index contributed by atoms with van der Waals surface area (Å²) in [5.74, 6) is 0.